The van der Waals surface area contributed by atoms with Gasteiger partial charge in [-0.05, 0) is 18.6 Å². The van der Waals surface area contributed by atoms with Gasteiger partial charge in [0.15, 0.2) is 0 Å². The molecule has 1 unspecified atom stereocenters. The first-order valence-electron chi connectivity index (χ1n) is 10.00. The molecule has 1 aromatic carbocycles. The van der Waals surface area contributed by atoms with Crippen molar-refractivity contribution < 1.29 is 43.3 Å². The van der Waals surface area contributed by atoms with Crippen molar-refractivity contribution in [3.63, 3.8) is 0 Å². The first-order valence-corrected chi connectivity index (χ1v) is 10.00. The topological polar surface area (TPSA) is 161 Å². The lowest BCUT2D eigenvalue weighted by atomic mass is 10.0. The highest BCUT2D eigenvalue weighted by molar-refractivity contribution is 6.25. The van der Waals surface area contributed by atoms with E-state index < -0.39 is 35.8 Å². The largest absolute Gasteiger partial charge is 0.505 e. The Morgan fingerprint density at radius 2 is 1.78 bits per heavy atom. The summed E-state index contributed by atoms with van der Waals surface area (Å²) in [6.45, 7) is 1.25. The maximum Gasteiger partial charge on any atom is 0.505 e. The number of amides is 4. The number of carbonyl (C=O) groups excluding carboxylic acids is 4. The van der Waals surface area contributed by atoms with Gasteiger partial charge in [0.05, 0.1) is 37.6 Å². The predicted octanol–water partition coefficient (Wildman–Crippen LogP) is 0.228. The quantitative estimate of drug-likeness (QED) is 0.242. The molecule has 2 heterocycles. The van der Waals surface area contributed by atoms with E-state index in [9.17, 15) is 24.0 Å². The number of nitrogens with zero attached hydrogens (tertiary/aromatic N) is 1. The van der Waals surface area contributed by atoms with Gasteiger partial charge in [-0.25, -0.2) is 4.79 Å². The molecule has 0 bridgehead atoms. The molecule has 12 heteroatoms. The van der Waals surface area contributed by atoms with Crippen LogP contribution >= 0.6 is 0 Å². The Labute approximate surface area is 182 Å². The van der Waals surface area contributed by atoms with Gasteiger partial charge in [-0.2, -0.15) is 0 Å². The standard InChI is InChI=1S/C20H23N3O9/c24-15-5-4-14(17(25)22-15)23-18(26)12-2-1-3-13(16(12)19(23)27)21-6-7-30-8-9-31-10-11-32-20(28)29/h1-3,14,21H,4-11H2,(H,28,29)(H,22,24,25). The summed E-state index contributed by atoms with van der Waals surface area (Å²) in [6, 6.07) is 3.80. The Kier molecular flexibility index (Phi) is 7.73. The van der Waals surface area contributed by atoms with Gasteiger partial charge in [0.1, 0.15) is 12.6 Å². The average molecular weight is 449 g/mol. The third-order valence-corrected chi connectivity index (χ3v) is 4.86. The Morgan fingerprint density at radius 3 is 2.50 bits per heavy atom. The smallest absolute Gasteiger partial charge is 0.450 e. The molecular formula is C20H23N3O9. The van der Waals surface area contributed by atoms with Crippen molar-refractivity contribution in [1.82, 2.24) is 10.2 Å². The van der Waals surface area contributed by atoms with Gasteiger partial charge < -0.3 is 24.6 Å². The van der Waals surface area contributed by atoms with Crippen LogP contribution in [0.4, 0.5) is 10.5 Å². The average Bonchev–Trinajstić information content (AvgIpc) is 3.00. The molecule has 32 heavy (non-hydrogen) atoms. The zero-order chi connectivity index (χ0) is 23.1. The summed E-state index contributed by atoms with van der Waals surface area (Å²) in [4.78, 5) is 60.4. The number of piperidine rings is 1. The zero-order valence-corrected chi connectivity index (χ0v) is 17.1. The van der Waals surface area contributed by atoms with Crippen molar-refractivity contribution in [2.24, 2.45) is 0 Å². The maximum absolute atomic E-state index is 13.0. The number of benzene rings is 1. The van der Waals surface area contributed by atoms with Crippen molar-refractivity contribution >= 4 is 35.5 Å². The van der Waals surface area contributed by atoms with Crippen molar-refractivity contribution in [1.29, 1.82) is 0 Å². The molecule has 1 fully saturated rings. The first-order chi connectivity index (χ1) is 15.4. The Morgan fingerprint density at radius 1 is 1.06 bits per heavy atom. The van der Waals surface area contributed by atoms with Gasteiger partial charge in [-0.15, -0.1) is 0 Å². The Balaban J connectivity index is 1.48. The lowest BCUT2D eigenvalue weighted by molar-refractivity contribution is -0.136. The molecule has 0 aromatic heterocycles. The second-order valence-electron chi connectivity index (χ2n) is 6.94. The van der Waals surface area contributed by atoms with Crippen LogP contribution in [0, 0.1) is 0 Å². The molecule has 0 aliphatic carbocycles. The molecule has 0 radical (unpaired) electrons. The number of carbonyl (C=O) groups is 5. The highest BCUT2D eigenvalue weighted by Crippen LogP contribution is 2.32. The molecule has 2 aliphatic rings. The molecule has 0 spiro atoms. The molecule has 1 aromatic rings. The molecule has 172 valence electrons. The molecule has 1 saturated heterocycles. The fourth-order valence-corrected chi connectivity index (χ4v) is 3.43. The summed E-state index contributed by atoms with van der Waals surface area (Å²) >= 11 is 0. The number of hydrogen-bond donors (Lipinski definition) is 3. The summed E-state index contributed by atoms with van der Waals surface area (Å²) < 4.78 is 14.8. The lowest BCUT2D eigenvalue weighted by Crippen LogP contribution is -2.54. The van der Waals surface area contributed by atoms with Gasteiger partial charge in [-0.3, -0.25) is 29.4 Å². The number of hydrogen-bond acceptors (Lipinski definition) is 9. The molecule has 1 atom stereocenters. The van der Waals surface area contributed by atoms with Crippen molar-refractivity contribution in [2.75, 3.05) is 44.9 Å². The SMILES string of the molecule is O=C1CCC(N2C(=O)c3cccc(NCCOCCOCCOC(=O)O)c3C2=O)C(=O)N1. The van der Waals surface area contributed by atoms with Gasteiger partial charge in [0, 0.05) is 18.7 Å². The van der Waals surface area contributed by atoms with E-state index in [0.717, 1.165) is 4.90 Å². The van der Waals surface area contributed by atoms with E-state index >= 15 is 0 Å². The number of imide groups is 2. The summed E-state index contributed by atoms with van der Waals surface area (Å²) in [5.74, 6) is -2.23. The highest BCUT2D eigenvalue weighted by atomic mass is 16.7. The molecule has 3 N–H and O–H groups in total. The third kappa shape index (κ3) is 5.39. The van der Waals surface area contributed by atoms with E-state index in [2.05, 4.69) is 15.4 Å². The van der Waals surface area contributed by atoms with Crippen LogP contribution in [0.2, 0.25) is 0 Å². The summed E-state index contributed by atoms with van der Waals surface area (Å²) in [7, 11) is 0. The first kappa shape index (κ1) is 23.2. The maximum atomic E-state index is 13.0. The number of nitrogens with one attached hydrogen (secondary N) is 2. The molecule has 0 saturated carbocycles. The molecular weight excluding hydrogens is 426 g/mol. The van der Waals surface area contributed by atoms with Crippen LogP contribution in [0.25, 0.3) is 0 Å². The fraction of sp³-hybridized carbons (Fsp3) is 0.450. The molecule has 2 aliphatic heterocycles. The summed E-state index contributed by atoms with van der Waals surface area (Å²) in [5, 5.41) is 13.5. The van der Waals surface area contributed by atoms with Crippen LogP contribution in [0.3, 0.4) is 0 Å². The third-order valence-electron chi connectivity index (χ3n) is 4.86. The van der Waals surface area contributed by atoms with E-state index in [1.165, 1.54) is 6.07 Å². The lowest BCUT2D eigenvalue weighted by Gasteiger charge is -2.27. The number of ether oxygens (including phenoxy) is 3. The van der Waals surface area contributed by atoms with E-state index in [1.807, 2.05) is 0 Å². The van der Waals surface area contributed by atoms with Crippen LogP contribution in [0.15, 0.2) is 18.2 Å². The molecule has 4 amide bonds. The Bertz CT molecular complexity index is 918. The van der Waals surface area contributed by atoms with E-state index in [-0.39, 0.29) is 57.0 Å². The number of anilines is 1. The van der Waals surface area contributed by atoms with Gasteiger partial charge in [0.25, 0.3) is 11.8 Å². The fourth-order valence-electron chi connectivity index (χ4n) is 3.43. The minimum absolute atomic E-state index is 0.0569. The van der Waals surface area contributed by atoms with Crippen LogP contribution in [-0.2, 0) is 23.8 Å². The normalized spacial score (nSPS) is 17.9. The van der Waals surface area contributed by atoms with E-state index in [4.69, 9.17) is 14.6 Å². The van der Waals surface area contributed by atoms with Gasteiger partial charge >= 0.3 is 6.16 Å². The van der Waals surface area contributed by atoms with E-state index in [0.29, 0.717) is 12.2 Å². The summed E-state index contributed by atoms with van der Waals surface area (Å²) in [5.41, 5.74) is 0.827. The van der Waals surface area contributed by atoms with Crippen molar-refractivity contribution in [3.8, 4) is 0 Å². The molecule has 12 nitrogen and oxygen atoms in total. The van der Waals surface area contributed by atoms with Gasteiger partial charge in [-0.1, -0.05) is 6.07 Å². The minimum Gasteiger partial charge on any atom is -0.450 e. The van der Waals surface area contributed by atoms with Gasteiger partial charge in [0.2, 0.25) is 11.8 Å². The van der Waals surface area contributed by atoms with Crippen LogP contribution in [0.5, 0.6) is 0 Å². The second kappa shape index (κ2) is 10.7. The summed E-state index contributed by atoms with van der Waals surface area (Å²) in [6.07, 6.45) is -1.21. The van der Waals surface area contributed by atoms with Crippen LogP contribution < -0.4 is 10.6 Å². The van der Waals surface area contributed by atoms with E-state index in [1.54, 1.807) is 12.1 Å². The second-order valence-corrected chi connectivity index (χ2v) is 6.94. The number of rotatable bonds is 11. The van der Waals surface area contributed by atoms with Crippen LogP contribution in [-0.4, -0.2) is 85.4 Å². The Hall–Kier alpha value is -3.51. The predicted molar refractivity (Wildman–Crippen MR) is 107 cm³/mol. The highest BCUT2D eigenvalue weighted by Gasteiger charge is 2.45. The monoisotopic (exact) mass is 449 g/mol. The molecule has 3 rings (SSSR count). The van der Waals surface area contributed by atoms with Crippen molar-refractivity contribution in [3.05, 3.63) is 29.3 Å². The zero-order valence-electron chi connectivity index (χ0n) is 17.1. The number of fused-ring (bicyclic) bond motifs is 1. The van der Waals surface area contributed by atoms with Crippen molar-refractivity contribution in [2.45, 2.75) is 18.9 Å². The minimum atomic E-state index is -1.36. The van der Waals surface area contributed by atoms with Crippen LogP contribution in [0.1, 0.15) is 33.6 Å². The number of carboxylic acid groups (broad SMARTS) is 1.